The molecule has 0 spiro atoms. The Labute approximate surface area is 157 Å². The fourth-order valence-electron chi connectivity index (χ4n) is 2.70. The fourth-order valence-corrected chi connectivity index (χ4v) is 3.75. The molecule has 0 fully saturated rings. The van der Waals surface area contributed by atoms with Crippen molar-refractivity contribution in [2.45, 2.75) is 10.8 Å². The summed E-state index contributed by atoms with van der Waals surface area (Å²) in [6, 6.07) is 17.5. The molecule has 0 aliphatic carbocycles. The molecule has 140 valence electrons. The number of methoxy groups -OCH3 is 1. The topological polar surface area (TPSA) is 68.3 Å². The van der Waals surface area contributed by atoms with Gasteiger partial charge in [0, 0.05) is 24.4 Å². The maximum absolute atomic E-state index is 13.3. The van der Waals surface area contributed by atoms with Crippen molar-refractivity contribution in [2.24, 2.45) is 0 Å². The van der Waals surface area contributed by atoms with Gasteiger partial charge in [-0.25, -0.2) is 17.5 Å². The Balaban J connectivity index is 1.84. The first-order valence-electron chi connectivity index (χ1n) is 8.30. The van der Waals surface area contributed by atoms with Crippen LogP contribution in [0, 0.1) is 5.82 Å². The van der Waals surface area contributed by atoms with Crippen molar-refractivity contribution >= 4 is 10.0 Å². The number of sulfonamides is 1. The molecule has 1 heterocycles. The number of hydrogen-bond donors (Lipinski definition) is 1. The van der Waals surface area contributed by atoms with Crippen LogP contribution in [0.25, 0.3) is 0 Å². The SMILES string of the molecule is COc1ccc(S(=O)(=O)NCC(c2ccc(F)cc2)c2ccccn2)cc1. The molecule has 27 heavy (non-hydrogen) atoms. The summed E-state index contributed by atoms with van der Waals surface area (Å²) in [6.45, 7) is 0.0943. The van der Waals surface area contributed by atoms with Crippen LogP contribution >= 0.6 is 0 Å². The van der Waals surface area contributed by atoms with Crippen LogP contribution in [-0.4, -0.2) is 27.1 Å². The van der Waals surface area contributed by atoms with Crippen molar-refractivity contribution in [3.05, 3.63) is 90.0 Å². The largest absolute Gasteiger partial charge is 0.497 e. The average Bonchev–Trinajstić information content (AvgIpc) is 2.70. The molecule has 0 aliphatic rings. The molecule has 0 saturated heterocycles. The highest BCUT2D eigenvalue weighted by Crippen LogP contribution is 2.24. The van der Waals surface area contributed by atoms with Crippen LogP contribution in [0.2, 0.25) is 0 Å². The quantitative estimate of drug-likeness (QED) is 0.676. The smallest absolute Gasteiger partial charge is 0.240 e. The molecule has 1 N–H and O–H groups in total. The summed E-state index contributed by atoms with van der Waals surface area (Å²) < 4.78 is 46.2. The first kappa shape index (κ1) is 19.0. The van der Waals surface area contributed by atoms with E-state index in [0.29, 0.717) is 11.4 Å². The third-order valence-electron chi connectivity index (χ3n) is 4.16. The van der Waals surface area contributed by atoms with E-state index in [4.69, 9.17) is 4.74 Å². The van der Waals surface area contributed by atoms with Gasteiger partial charge in [0.15, 0.2) is 0 Å². The molecule has 0 radical (unpaired) electrons. The Morgan fingerprint density at radius 3 is 2.33 bits per heavy atom. The van der Waals surface area contributed by atoms with E-state index >= 15 is 0 Å². The van der Waals surface area contributed by atoms with Gasteiger partial charge in [0.2, 0.25) is 10.0 Å². The number of aromatic nitrogens is 1. The normalized spacial score (nSPS) is 12.5. The van der Waals surface area contributed by atoms with E-state index in [2.05, 4.69) is 9.71 Å². The molecule has 0 aliphatic heterocycles. The number of hydrogen-bond acceptors (Lipinski definition) is 4. The van der Waals surface area contributed by atoms with Gasteiger partial charge in [-0.1, -0.05) is 18.2 Å². The van der Waals surface area contributed by atoms with Gasteiger partial charge in [-0.2, -0.15) is 0 Å². The lowest BCUT2D eigenvalue weighted by atomic mass is 9.95. The van der Waals surface area contributed by atoms with Gasteiger partial charge in [0.05, 0.1) is 12.0 Å². The van der Waals surface area contributed by atoms with Gasteiger partial charge in [-0.3, -0.25) is 4.98 Å². The van der Waals surface area contributed by atoms with Crippen molar-refractivity contribution in [3.8, 4) is 5.75 Å². The lowest BCUT2D eigenvalue weighted by molar-refractivity contribution is 0.414. The van der Waals surface area contributed by atoms with E-state index in [9.17, 15) is 12.8 Å². The molecule has 5 nitrogen and oxygen atoms in total. The van der Waals surface area contributed by atoms with Crippen LogP contribution in [0.3, 0.4) is 0 Å². The van der Waals surface area contributed by atoms with Crippen LogP contribution in [0.1, 0.15) is 17.2 Å². The predicted molar refractivity (Wildman–Crippen MR) is 101 cm³/mol. The monoisotopic (exact) mass is 386 g/mol. The molecule has 1 atom stereocenters. The first-order valence-corrected chi connectivity index (χ1v) is 9.78. The highest BCUT2D eigenvalue weighted by atomic mass is 32.2. The van der Waals surface area contributed by atoms with Crippen LogP contribution < -0.4 is 9.46 Å². The van der Waals surface area contributed by atoms with Gasteiger partial charge >= 0.3 is 0 Å². The Hall–Kier alpha value is -2.77. The lowest BCUT2D eigenvalue weighted by Gasteiger charge is -2.18. The number of ether oxygens (including phenoxy) is 1. The van der Waals surface area contributed by atoms with E-state index in [-0.39, 0.29) is 23.2 Å². The first-order chi connectivity index (χ1) is 13.0. The van der Waals surface area contributed by atoms with Crippen molar-refractivity contribution in [2.75, 3.05) is 13.7 Å². The second-order valence-electron chi connectivity index (χ2n) is 5.89. The van der Waals surface area contributed by atoms with Crippen LogP contribution in [0.4, 0.5) is 4.39 Å². The van der Waals surface area contributed by atoms with E-state index in [0.717, 1.165) is 5.56 Å². The number of pyridine rings is 1. The summed E-state index contributed by atoms with van der Waals surface area (Å²) >= 11 is 0. The van der Waals surface area contributed by atoms with Gasteiger partial charge in [-0.15, -0.1) is 0 Å². The number of halogens is 1. The molecule has 1 aromatic heterocycles. The van der Waals surface area contributed by atoms with Crippen molar-refractivity contribution in [3.63, 3.8) is 0 Å². The molecular formula is C20H19FN2O3S. The molecular weight excluding hydrogens is 367 g/mol. The average molecular weight is 386 g/mol. The second kappa shape index (κ2) is 8.28. The summed E-state index contributed by atoms with van der Waals surface area (Å²) in [5.74, 6) is -0.121. The van der Waals surface area contributed by atoms with Crippen molar-refractivity contribution in [1.82, 2.24) is 9.71 Å². The maximum atomic E-state index is 13.3. The van der Waals surface area contributed by atoms with E-state index in [1.807, 2.05) is 12.1 Å². The molecule has 3 aromatic rings. The van der Waals surface area contributed by atoms with E-state index in [1.54, 1.807) is 36.5 Å². The molecule has 0 amide bonds. The Bertz CT molecular complexity index is 976. The predicted octanol–water partition coefficient (Wildman–Crippen LogP) is 3.34. The number of rotatable bonds is 7. The zero-order valence-corrected chi connectivity index (χ0v) is 15.5. The van der Waals surface area contributed by atoms with Gasteiger partial charge in [0.25, 0.3) is 0 Å². The summed E-state index contributed by atoms with van der Waals surface area (Å²) in [4.78, 5) is 4.47. The zero-order valence-electron chi connectivity index (χ0n) is 14.7. The third-order valence-corrected chi connectivity index (χ3v) is 5.60. The number of nitrogens with zero attached hydrogens (tertiary/aromatic N) is 1. The van der Waals surface area contributed by atoms with Crippen LogP contribution in [0.5, 0.6) is 5.75 Å². The molecule has 7 heteroatoms. The Morgan fingerprint density at radius 1 is 1.04 bits per heavy atom. The summed E-state index contributed by atoms with van der Waals surface area (Å²) in [7, 11) is -2.20. The minimum Gasteiger partial charge on any atom is -0.497 e. The molecule has 0 saturated carbocycles. The summed E-state index contributed by atoms with van der Waals surface area (Å²) in [5.41, 5.74) is 1.47. The van der Waals surface area contributed by atoms with E-state index < -0.39 is 10.0 Å². The second-order valence-corrected chi connectivity index (χ2v) is 7.65. The minimum atomic E-state index is -3.71. The summed E-state index contributed by atoms with van der Waals surface area (Å²) in [5, 5.41) is 0. The van der Waals surface area contributed by atoms with Gasteiger partial charge in [0.1, 0.15) is 11.6 Å². The fraction of sp³-hybridized carbons (Fsp3) is 0.150. The highest BCUT2D eigenvalue weighted by Gasteiger charge is 2.20. The standard InChI is InChI=1S/C20H19FN2O3S/c1-26-17-9-11-18(12-10-17)27(24,25)23-14-19(20-4-2-3-13-22-20)15-5-7-16(21)8-6-15/h2-13,19,23H,14H2,1H3. The van der Waals surface area contributed by atoms with Crippen molar-refractivity contribution in [1.29, 1.82) is 0 Å². The molecule has 2 aromatic carbocycles. The summed E-state index contributed by atoms with van der Waals surface area (Å²) in [6.07, 6.45) is 1.64. The van der Waals surface area contributed by atoms with Crippen LogP contribution in [0.15, 0.2) is 77.8 Å². The third kappa shape index (κ3) is 4.69. The Kier molecular flexibility index (Phi) is 5.83. The number of benzene rings is 2. The molecule has 3 rings (SSSR count). The molecule has 0 bridgehead atoms. The molecule has 1 unspecified atom stereocenters. The maximum Gasteiger partial charge on any atom is 0.240 e. The lowest BCUT2D eigenvalue weighted by Crippen LogP contribution is -2.29. The van der Waals surface area contributed by atoms with Crippen molar-refractivity contribution < 1.29 is 17.5 Å². The van der Waals surface area contributed by atoms with Gasteiger partial charge < -0.3 is 4.74 Å². The Morgan fingerprint density at radius 2 is 1.74 bits per heavy atom. The highest BCUT2D eigenvalue weighted by molar-refractivity contribution is 7.89. The number of nitrogens with one attached hydrogen (secondary N) is 1. The van der Waals surface area contributed by atoms with Crippen LogP contribution in [-0.2, 0) is 10.0 Å². The van der Waals surface area contributed by atoms with E-state index in [1.165, 1.54) is 31.4 Å². The minimum absolute atomic E-state index is 0.0943. The zero-order chi connectivity index (χ0) is 19.3. The van der Waals surface area contributed by atoms with Gasteiger partial charge in [-0.05, 0) is 54.1 Å².